The minimum Gasteiger partial charge on any atom is -0.397 e. The quantitative estimate of drug-likeness (QED) is 0.731. The van der Waals surface area contributed by atoms with Gasteiger partial charge in [0.25, 0.3) is 0 Å². The third kappa shape index (κ3) is 1.93. The standard InChI is InChI=1S/C8H11BrN2/c1-5(2)8-6(10)3-4-7(9)11-8/h3-5H,10H2,1-2H3. The molecule has 0 aromatic carbocycles. The highest BCUT2D eigenvalue weighted by molar-refractivity contribution is 9.10. The molecule has 0 radical (unpaired) electrons. The first-order valence-electron chi connectivity index (χ1n) is 3.53. The van der Waals surface area contributed by atoms with Crippen molar-refractivity contribution in [3.05, 3.63) is 22.4 Å². The average molecular weight is 215 g/mol. The van der Waals surface area contributed by atoms with Crippen LogP contribution in [-0.4, -0.2) is 4.98 Å². The van der Waals surface area contributed by atoms with E-state index in [1.54, 1.807) is 0 Å². The summed E-state index contributed by atoms with van der Waals surface area (Å²) in [6.45, 7) is 4.15. The molecule has 0 aliphatic heterocycles. The van der Waals surface area contributed by atoms with Crippen molar-refractivity contribution < 1.29 is 0 Å². The molecule has 0 fully saturated rings. The normalized spacial score (nSPS) is 10.5. The molecule has 0 bridgehead atoms. The SMILES string of the molecule is CC(C)c1nc(Br)ccc1N. The van der Waals surface area contributed by atoms with Gasteiger partial charge in [0, 0.05) is 0 Å². The van der Waals surface area contributed by atoms with E-state index in [0.29, 0.717) is 5.92 Å². The summed E-state index contributed by atoms with van der Waals surface area (Å²) in [6.07, 6.45) is 0. The first kappa shape index (κ1) is 8.53. The fraction of sp³-hybridized carbons (Fsp3) is 0.375. The maximum atomic E-state index is 5.71. The van der Waals surface area contributed by atoms with Crippen LogP contribution in [0.2, 0.25) is 0 Å². The summed E-state index contributed by atoms with van der Waals surface area (Å²) in [4.78, 5) is 4.26. The van der Waals surface area contributed by atoms with Gasteiger partial charge >= 0.3 is 0 Å². The predicted molar refractivity (Wildman–Crippen MR) is 50.4 cm³/mol. The van der Waals surface area contributed by atoms with Crippen molar-refractivity contribution in [3.8, 4) is 0 Å². The number of nitrogens with two attached hydrogens (primary N) is 1. The van der Waals surface area contributed by atoms with Gasteiger partial charge in [-0.1, -0.05) is 13.8 Å². The molecule has 2 N–H and O–H groups in total. The van der Waals surface area contributed by atoms with E-state index in [0.717, 1.165) is 16.0 Å². The Morgan fingerprint density at radius 1 is 1.45 bits per heavy atom. The van der Waals surface area contributed by atoms with Crippen LogP contribution in [0.15, 0.2) is 16.7 Å². The van der Waals surface area contributed by atoms with Gasteiger partial charge in [-0.15, -0.1) is 0 Å². The first-order valence-corrected chi connectivity index (χ1v) is 4.32. The van der Waals surface area contributed by atoms with Crippen molar-refractivity contribution in [3.63, 3.8) is 0 Å². The molecule has 0 saturated carbocycles. The minimum absolute atomic E-state index is 0.382. The van der Waals surface area contributed by atoms with Crippen molar-refractivity contribution in [2.45, 2.75) is 19.8 Å². The van der Waals surface area contributed by atoms with Crippen molar-refractivity contribution in [1.82, 2.24) is 4.98 Å². The number of halogens is 1. The number of aromatic nitrogens is 1. The van der Waals surface area contributed by atoms with Crippen molar-refractivity contribution in [1.29, 1.82) is 0 Å². The Hall–Kier alpha value is -0.570. The summed E-state index contributed by atoms with van der Waals surface area (Å²) in [5.41, 5.74) is 7.43. The van der Waals surface area contributed by atoms with Gasteiger partial charge in [0.2, 0.25) is 0 Å². The molecule has 0 amide bonds. The van der Waals surface area contributed by atoms with Gasteiger partial charge in [0.15, 0.2) is 0 Å². The third-order valence-electron chi connectivity index (χ3n) is 1.47. The Kier molecular flexibility index (Phi) is 2.49. The lowest BCUT2D eigenvalue weighted by atomic mass is 10.1. The number of hydrogen-bond donors (Lipinski definition) is 1. The topological polar surface area (TPSA) is 38.9 Å². The molecular weight excluding hydrogens is 204 g/mol. The maximum absolute atomic E-state index is 5.71. The zero-order chi connectivity index (χ0) is 8.43. The Labute approximate surface area is 75.0 Å². The zero-order valence-electron chi connectivity index (χ0n) is 6.63. The van der Waals surface area contributed by atoms with Crippen LogP contribution in [0.25, 0.3) is 0 Å². The van der Waals surface area contributed by atoms with Gasteiger partial charge in [-0.05, 0) is 34.0 Å². The first-order chi connectivity index (χ1) is 5.11. The third-order valence-corrected chi connectivity index (χ3v) is 1.91. The van der Waals surface area contributed by atoms with E-state index < -0.39 is 0 Å². The van der Waals surface area contributed by atoms with Crippen LogP contribution in [0.1, 0.15) is 25.5 Å². The van der Waals surface area contributed by atoms with Crippen LogP contribution in [0.4, 0.5) is 5.69 Å². The molecule has 0 aliphatic carbocycles. The molecule has 0 spiro atoms. The predicted octanol–water partition coefficient (Wildman–Crippen LogP) is 2.55. The Morgan fingerprint density at radius 2 is 2.09 bits per heavy atom. The maximum Gasteiger partial charge on any atom is 0.106 e. The van der Waals surface area contributed by atoms with E-state index in [2.05, 4.69) is 34.8 Å². The Bertz CT molecular complexity index is 258. The molecule has 1 aromatic rings. The van der Waals surface area contributed by atoms with Gasteiger partial charge in [-0.25, -0.2) is 4.98 Å². The lowest BCUT2D eigenvalue weighted by molar-refractivity contribution is 0.822. The summed E-state index contributed by atoms with van der Waals surface area (Å²) < 4.78 is 0.843. The second-order valence-corrected chi connectivity index (χ2v) is 3.58. The van der Waals surface area contributed by atoms with Crippen LogP contribution in [-0.2, 0) is 0 Å². The van der Waals surface area contributed by atoms with Crippen LogP contribution in [0.5, 0.6) is 0 Å². The number of anilines is 1. The monoisotopic (exact) mass is 214 g/mol. The second-order valence-electron chi connectivity index (χ2n) is 2.76. The summed E-state index contributed by atoms with van der Waals surface area (Å²) in [5, 5.41) is 0. The van der Waals surface area contributed by atoms with Crippen LogP contribution in [0.3, 0.4) is 0 Å². The van der Waals surface area contributed by atoms with Crippen molar-refractivity contribution >= 4 is 21.6 Å². The van der Waals surface area contributed by atoms with E-state index >= 15 is 0 Å². The summed E-state index contributed by atoms with van der Waals surface area (Å²) >= 11 is 3.30. The molecule has 0 aliphatic rings. The van der Waals surface area contributed by atoms with E-state index in [9.17, 15) is 0 Å². The molecule has 11 heavy (non-hydrogen) atoms. The molecule has 0 unspecified atom stereocenters. The fourth-order valence-corrected chi connectivity index (χ4v) is 1.25. The lowest BCUT2D eigenvalue weighted by Gasteiger charge is -2.07. The molecule has 1 rings (SSSR count). The summed E-state index contributed by atoms with van der Waals surface area (Å²) in [5.74, 6) is 0.382. The Morgan fingerprint density at radius 3 is 2.55 bits per heavy atom. The second kappa shape index (κ2) is 3.22. The number of pyridine rings is 1. The molecule has 60 valence electrons. The molecule has 0 saturated heterocycles. The number of nitrogen functional groups attached to an aromatic ring is 1. The molecular formula is C8H11BrN2. The van der Waals surface area contributed by atoms with Crippen molar-refractivity contribution in [2.75, 3.05) is 5.73 Å². The van der Waals surface area contributed by atoms with Crippen molar-refractivity contribution in [2.24, 2.45) is 0 Å². The fourth-order valence-electron chi connectivity index (χ4n) is 0.923. The number of hydrogen-bond acceptors (Lipinski definition) is 2. The summed E-state index contributed by atoms with van der Waals surface area (Å²) in [6, 6.07) is 3.72. The van der Waals surface area contributed by atoms with Gasteiger partial charge in [0.1, 0.15) is 4.60 Å². The molecule has 1 heterocycles. The van der Waals surface area contributed by atoms with Gasteiger partial charge in [-0.3, -0.25) is 0 Å². The smallest absolute Gasteiger partial charge is 0.106 e. The minimum atomic E-state index is 0.382. The highest BCUT2D eigenvalue weighted by Gasteiger charge is 2.05. The van der Waals surface area contributed by atoms with E-state index in [4.69, 9.17) is 5.73 Å². The highest BCUT2D eigenvalue weighted by atomic mass is 79.9. The number of rotatable bonds is 1. The molecule has 3 heteroatoms. The zero-order valence-corrected chi connectivity index (χ0v) is 8.22. The van der Waals surface area contributed by atoms with Gasteiger partial charge in [-0.2, -0.15) is 0 Å². The average Bonchev–Trinajstić information content (AvgIpc) is 1.94. The lowest BCUT2D eigenvalue weighted by Crippen LogP contribution is -1.99. The van der Waals surface area contributed by atoms with Gasteiger partial charge < -0.3 is 5.73 Å². The molecule has 1 aromatic heterocycles. The van der Waals surface area contributed by atoms with E-state index in [1.165, 1.54) is 0 Å². The molecule has 2 nitrogen and oxygen atoms in total. The summed E-state index contributed by atoms with van der Waals surface area (Å²) in [7, 11) is 0. The number of nitrogens with zero attached hydrogens (tertiary/aromatic N) is 1. The Balaban J connectivity index is 3.13. The van der Waals surface area contributed by atoms with Crippen LogP contribution >= 0.6 is 15.9 Å². The highest BCUT2D eigenvalue weighted by Crippen LogP contribution is 2.21. The van der Waals surface area contributed by atoms with E-state index in [1.807, 2.05) is 12.1 Å². The molecule has 0 atom stereocenters. The van der Waals surface area contributed by atoms with Crippen LogP contribution < -0.4 is 5.73 Å². The van der Waals surface area contributed by atoms with Gasteiger partial charge in [0.05, 0.1) is 11.4 Å². The largest absolute Gasteiger partial charge is 0.397 e. The van der Waals surface area contributed by atoms with E-state index in [-0.39, 0.29) is 0 Å². The van der Waals surface area contributed by atoms with Crippen LogP contribution in [0, 0.1) is 0 Å².